The molecule has 0 saturated heterocycles. The van der Waals surface area contributed by atoms with Crippen LogP contribution < -0.4 is 10.1 Å². The standard InChI is InChI=1S/C19H14N2O2/c1-2-10-23-17-12-15-11-14(8-9-18(15)20-13-17)19(22)21-16-6-4-3-5-7-16/h1,3-9,11-13H,10H2,(H,21,22). The number of ether oxygens (including phenoxy) is 1. The Kier molecular flexibility index (Phi) is 4.21. The molecule has 0 bridgehead atoms. The maximum atomic E-state index is 12.3. The molecule has 0 radical (unpaired) electrons. The number of benzene rings is 2. The number of anilines is 1. The highest BCUT2D eigenvalue weighted by atomic mass is 16.5. The first kappa shape index (κ1) is 14.6. The molecule has 3 aromatic rings. The second-order valence-corrected chi connectivity index (χ2v) is 4.89. The summed E-state index contributed by atoms with van der Waals surface area (Å²) in [6, 6.07) is 16.5. The van der Waals surface area contributed by atoms with E-state index in [4.69, 9.17) is 11.2 Å². The zero-order valence-corrected chi connectivity index (χ0v) is 12.3. The van der Waals surface area contributed by atoms with E-state index in [1.807, 2.05) is 36.4 Å². The van der Waals surface area contributed by atoms with Crippen molar-refractivity contribution in [2.45, 2.75) is 0 Å². The molecule has 0 unspecified atom stereocenters. The van der Waals surface area contributed by atoms with Crippen molar-refractivity contribution in [3.05, 3.63) is 66.4 Å². The first-order valence-electron chi connectivity index (χ1n) is 7.09. The number of amides is 1. The van der Waals surface area contributed by atoms with Crippen LogP contribution in [0.25, 0.3) is 10.9 Å². The van der Waals surface area contributed by atoms with Crippen LogP contribution in [-0.2, 0) is 0 Å². The first-order valence-corrected chi connectivity index (χ1v) is 7.09. The van der Waals surface area contributed by atoms with Gasteiger partial charge in [0, 0.05) is 16.6 Å². The van der Waals surface area contributed by atoms with Gasteiger partial charge in [-0.3, -0.25) is 9.78 Å². The molecule has 112 valence electrons. The van der Waals surface area contributed by atoms with E-state index in [1.165, 1.54) is 0 Å². The number of hydrogen-bond donors (Lipinski definition) is 1. The second kappa shape index (κ2) is 6.63. The third kappa shape index (κ3) is 3.47. The van der Waals surface area contributed by atoms with Crippen LogP contribution in [0.15, 0.2) is 60.8 Å². The summed E-state index contributed by atoms with van der Waals surface area (Å²) in [7, 11) is 0. The number of hydrogen-bond acceptors (Lipinski definition) is 3. The Morgan fingerprint density at radius 1 is 1.17 bits per heavy atom. The molecule has 0 atom stereocenters. The number of rotatable bonds is 4. The third-order valence-electron chi connectivity index (χ3n) is 3.27. The normalized spacial score (nSPS) is 10.0. The minimum absolute atomic E-state index is 0.173. The average molecular weight is 302 g/mol. The van der Waals surface area contributed by atoms with Crippen LogP contribution in [0, 0.1) is 12.3 Å². The van der Waals surface area contributed by atoms with Crippen LogP contribution in [0.2, 0.25) is 0 Å². The van der Waals surface area contributed by atoms with Gasteiger partial charge in [-0.15, -0.1) is 6.42 Å². The van der Waals surface area contributed by atoms with Crippen LogP contribution in [0.5, 0.6) is 5.75 Å². The van der Waals surface area contributed by atoms with Gasteiger partial charge in [-0.25, -0.2) is 0 Å². The Labute approximate surface area is 134 Å². The Balaban J connectivity index is 1.86. The highest BCUT2D eigenvalue weighted by molar-refractivity contribution is 6.06. The molecule has 0 saturated carbocycles. The van der Waals surface area contributed by atoms with Crippen molar-refractivity contribution in [2.24, 2.45) is 0 Å². The number of pyridine rings is 1. The molecule has 1 N–H and O–H groups in total. The van der Waals surface area contributed by atoms with Gasteiger partial charge in [-0.2, -0.15) is 0 Å². The largest absolute Gasteiger partial charge is 0.479 e. The summed E-state index contributed by atoms with van der Waals surface area (Å²) >= 11 is 0. The van der Waals surface area contributed by atoms with Crippen molar-refractivity contribution in [1.29, 1.82) is 0 Å². The number of para-hydroxylation sites is 1. The summed E-state index contributed by atoms with van der Waals surface area (Å²) < 4.78 is 5.36. The van der Waals surface area contributed by atoms with Gasteiger partial charge in [-0.1, -0.05) is 24.1 Å². The van der Waals surface area contributed by atoms with Crippen molar-refractivity contribution in [3.8, 4) is 18.1 Å². The molecule has 0 fully saturated rings. The van der Waals surface area contributed by atoms with Gasteiger partial charge in [0.05, 0.1) is 11.7 Å². The highest BCUT2D eigenvalue weighted by Gasteiger charge is 2.08. The fourth-order valence-electron chi connectivity index (χ4n) is 2.18. The number of carbonyl (C=O) groups is 1. The molecular formula is C19H14N2O2. The van der Waals surface area contributed by atoms with Gasteiger partial charge in [0.25, 0.3) is 5.91 Å². The number of carbonyl (C=O) groups excluding carboxylic acids is 1. The zero-order chi connectivity index (χ0) is 16.1. The van der Waals surface area contributed by atoms with E-state index in [-0.39, 0.29) is 12.5 Å². The molecule has 0 aliphatic rings. The molecule has 4 heteroatoms. The molecule has 1 aromatic heterocycles. The lowest BCUT2D eigenvalue weighted by atomic mass is 10.1. The van der Waals surface area contributed by atoms with Gasteiger partial charge in [0.1, 0.15) is 12.4 Å². The molecule has 3 rings (SSSR count). The SMILES string of the molecule is C#CCOc1cnc2ccc(C(=O)Nc3ccccc3)cc2c1. The number of nitrogens with zero attached hydrogens (tertiary/aromatic N) is 1. The lowest BCUT2D eigenvalue weighted by molar-refractivity contribution is 0.102. The molecule has 0 aliphatic carbocycles. The van der Waals surface area contributed by atoms with Crippen molar-refractivity contribution >= 4 is 22.5 Å². The molecule has 0 spiro atoms. The predicted molar refractivity (Wildman–Crippen MR) is 90.5 cm³/mol. The predicted octanol–water partition coefficient (Wildman–Crippen LogP) is 3.50. The van der Waals surface area contributed by atoms with Crippen molar-refractivity contribution < 1.29 is 9.53 Å². The lowest BCUT2D eigenvalue weighted by Crippen LogP contribution is -2.11. The summed E-state index contributed by atoms with van der Waals surface area (Å²) in [4.78, 5) is 16.6. The fraction of sp³-hybridized carbons (Fsp3) is 0.0526. The summed E-state index contributed by atoms with van der Waals surface area (Å²) in [5, 5.41) is 3.67. The summed E-state index contributed by atoms with van der Waals surface area (Å²) in [6.07, 6.45) is 6.79. The Hall–Kier alpha value is -3.32. The number of terminal acetylenes is 1. The van der Waals surface area contributed by atoms with Gasteiger partial charge >= 0.3 is 0 Å². The van der Waals surface area contributed by atoms with Crippen LogP contribution in [0.1, 0.15) is 10.4 Å². The van der Waals surface area contributed by atoms with Crippen LogP contribution in [0.4, 0.5) is 5.69 Å². The summed E-state index contributed by atoms with van der Waals surface area (Å²) in [6.45, 7) is 0.182. The molecule has 23 heavy (non-hydrogen) atoms. The van der Waals surface area contributed by atoms with E-state index in [2.05, 4.69) is 16.2 Å². The summed E-state index contributed by atoms with van der Waals surface area (Å²) in [5.74, 6) is 2.81. The van der Waals surface area contributed by atoms with E-state index >= 15 is 0 Å². The Morgan fingerprint density at radius 2 is 2.00 bits per heavy atom. The van der Waals surface area contributed by atoms with Crippen LogP contribution >= 0.6 is 0 Å². The van der Waals surface area contributed by atoms with Gasteiger partial charge in [0.2, 0.25) is 0 Å². The highest BCUT2D eigenvalue weighted by Crippen LogP contribution is 2.20. The number of aromatic nitrogens is 1. The fourth-order valence-corrected chi connectivity index (χ4v) is 2.18. The van der Waals surface area contributed by atoms with E-state index in [0.717, 1.165) is 16.6 Å². The molecular weight excluding hydrogens is 288 g/mol. The van der Waals surface area contributed by atoms with Crippen molar-refractivity contribution in [1.82, 2.24) is 4.98 Å². The van der Waals surface area contributed by atoms with Crippen LogP contribution in [0.3, 0.4) is 0 Å². The van der Waals surface area contributed by atoms with Crippen LogP contribution in [-0.4, -0.2) is 17.5 Å². The third-order valence-corrected chi connectivity index (χ3v) is 3.27. The molecule has 4 nitrogen and oxygen atoms in total. The number of fused-ring (bicyclic) bond motifs is 1. The Morgan fingerprint density at radius 3 is 2.78 bits per heavy atom. The number of nitrogens with one attached hydrogen (secondary N) is 1. The smallest absolute Gasteiger partial charge is 0.255 e. The molecule has 0 aliphatic heterocycles. The topological polar surface area (TPSA) is 51.2 Å². The Bertz CT molecular complexity index is 883. The van der Waals surface area contributed by atoms with Gasteiger partial charge < -0.3 is 10.1 Å². The van der Waals surface area contributed by atoms with E-state index < -0.39 is 0 Å². The van der Waals surface area contributed by atoms with Gasteiger partial charge in [0.15, 0.2) is 0 Å². The molecule has 1 amide bonds. The first-order chi connectivity index (χ1) is 11.3. The molecule has 2 aromatic carbocycles. The van der Waals surface area contributed by atoms with E-state index in [0.29, 0.717) is 11.3 Å². The minimum Gasteiger partial charge on any atom is -0.479 e. The van der Waals surface area contributed by atoms with E-state index in [9.17, 15) is 4.79 Å². The zero-order valence-electron chi connectivity index (χ0n) is 12.3. The van der Waals surface area contributed by atoms with Crippen molar-refractivity contribution in [3.63, 3.8) is 0 Å². The second-order valence-electron chi connectivity index (χ2n) is 4.89. The quantitative estimate of drug-likeness (QED) is 0.750. The minimum atomic E-state index is -0.173. The van der Waals surface area contributed by atoms with Gasteiger partial charge in [-0.05, 0) is 36.4 Å². The maximum Gasteiger partial charge on any atom is 0.255 e. The van der Waals surface area contributed by atoms with Crippen molar-refractivity contribution in [2.75, 3.05) is 11.9 Å². The monoisotopic (exact) mass is 302 g/mol. The lowest BCUT2D eigenvalue weighted by Gasteiger charge is -2.07. The van der Waals surface area contributed by atoms with E-state index in [1.54, 1.807) is 24.4 Å². The maximum absolute atomic E-state index is 12.3. The molecule has 1 heterocycles. The average Bonchev–Trinajstić information content (AvgIpc) is 2.60. The summed E-state index contributed by atoms with van der Waals surface area (Å²) in [5.41, 5.74) is 2.09.